The van der Waals surface area contributed by atoms with Crippen molar-refractivity contribution in [2.45, 2.75) is 69.9 Å². The summed E-state index contributed by atoms with van der Waals surface area (Å²) in [5, 5.41) is 23.2. The first-order valence-electron chi connectivity index (χ1n) is 12.0. The summed E-state index contributed by atoms with van der Waals surface area (Å²) in [6.45, 7) is 3.85. The normalized spacial score (nSPS) is 21.0. The van der Waals surface area contributed by atoms with Crippen LogP contribution in [-0.4, -0.2) is 52.8 Å². The largest absolute Gasteiger partial charge is 0.492 e. The van der Waals surface area contributed by atoms with Crippen molar-refractivity contribution in [1.29, 1.82) is 0 Å². The molecule has 2 unspecified atom stereocenters. The topological polar surface area (TPSA) is 125 Å². The van der Waals surface area contributed by atoms with E-state index in [1.807, 2.05) is 6.07 Å². The molecule has 1 saturated heterocycles. The van der Waals surface area contributed by atoms with Gasteiger partial charge < -0.3 is 25.6 Å². The third-order valence-corrected chi connectivity index (χ3v) is 6.89. The number of hydrogen-bond donors (Lipinski definition) is 4. The van der Waals surface area contributed by atoms with Crippen molar-refractivity contribution in [2.75, 3.05) is 13.2 Å². The highest BCUT2D eigenvalue weighted by molar-refractivity contribution is 6.31. The molecule has 0 bridgehead atoms. The Hall–Kier alpha value is -2.84. The third-order valence-electron chi connectivity index (χ3n) is 6.67. The van der Waals surface area contributed by atoms with E-state index in [-0.39, 0.29) is 17.5 Å². The SMILES string of the molecule is CC(NC(=O)c1cc(Cl)cc2c1OCCC2)(C1=CCCCC1)C1CCCN1.O=C(O)C=CC(=O)O. The van der Waals surface area contributed by atoms with Crippen LogP contribution in [0, 0.1) is 0 Å². The fourth-order valence-corrected chi connectivity index (χ4v) is 5.18. The van der Waals surface area contributed by atoms with Crippen molar-refractivity contribution in [2.24, 2.45) is 0 Å². The van der Waals surface area contributed by atoms with Gasteiger partial charge in [0.15, 0.2) is 0 Å². The molecule has 1 aromatic carbocycles. The van der Waals surface area contributed by atoms with Gasteiger partial charge in [-0.15, -0.1) is 0 Å². The first-order chi connectivity index (χ1) is 16.7. The second-order valence-corrected chi connectivity index (χ2v) is 9.62. The van der Waals surface area contributed by atoms with Crippen LogP contribution in [0.4, 0.5) is 0 Å². The van der Waals surface area contributed by atoms with Crippen LogP contribution in [0.15, 0.2) is 35.9 Å². The number of amides is 1. The summed E-state index contributed by atoms with van der Waals surface area (Å²) in [5.74, 6) is -1.89. The molecule has 35 heavy (non-hydrogen) atoms. The zero-order valence-corrected chi connectivity index (χ0v) is 20.7. The van der Waals surface area contributed by atoms with Gasteiger partial charge >= 0.3 is 11.9 Å². The Morgan fingerprint density at radius 1 is 1.11 bits per heavy atom. The zero-order chi connectivity index (χ0) is 25.4. The van der Waals surface area contributed by atoms with Gasteiger partial charge in [0.25, 0.3) is 5.91 Å². The Kier molecular flexibility index (Phi) is 9.34. The number of rotatable bonds is 6. The smallest absolute Gasteiger partial charge is 0.328 e. The maximum Gasteiger partial charge on any atom is 0.328 e. The zero-order valence-electron chi connectivity index (χ0n) is 19.9. The standard InChI is InChI=1S/C22H29ClN2O2.C4H4O4/c1-22(19-10-5-11-24-19,16-8-3-2-4-9-16)25-21(26)18-14-17(23)13-15-7-6-12-27-20(15)18;5-3(6)1-2-4(7)8/h8,13-14,19,24H,2-7,9-12H2,1H3,(H,25,26);1-2H,(H,5,6)(H,7,8). The van der Waals surface area contributed by atoms with Gasteiger partial charge in [-0.1, -0.05) is 17.7 Å². The molecule has 1 amide bonds. The number of carbonyl (C=O) groups is 3. The van der Waals surface area contributed by atoms with E-state index in [4.69, 9.17) is 26.6 Å². The molecular formula is C26H33ClN2O6. The number of carbonyl (C=O) groups excluding carboxylic acids is 1. The van der Waals surface area contributed by atoms with Crippen LogP contribution in [0.2, 0.25) is 5.02 Å². The Bertz CT molecular complexity index is 999. The number of allylic oxidation sites excluding steroid dienone is 1. The van der Waals surface area contributed by atoms with E-state index in [2.05, 4.69) is 23.6 Å². The number of nitrogens with one attached hydrogen (secondary N) is 2. The van der Waals surface area contributed by atoms with E-state index in [1.54, 1.807) is 6.07 Å². The lowest BCUT2D eigenvalue weighted by atomic mass is 9.78. The van der Waals surface area contributed by atoms with E-state index < -0.39 is 11.9 Å². The van der Waals surface area contributed by atoms with Crippen LogP contribution >= 0.6 is 11.6 Å². The van der Waals surface area contributed by atoms with Crippen LogP contribution in [-0.2, 0) is 16.0 Å². The second-order valence-electron chi connectivity index (χ2n) is 9.18. The number of hydrogen-bond acceptors (Lipinski definition) is 5. The number of carboxylic acid groups (broad SMARTS) is 2. The molecule has 9 heteroatoms. The molecule has 1 fully saturated rings. The molecule has 2 atom stereocenters. The summed E-state index contributed by atoms with van der Waals surface area (Å²) in [7, 11) is 0. The maximum absolute atomic E-state index is 13.4. The molecule has 0 saturated carbocycles. The summed E-state index contributed by atoms with van der Waals surface area (Å²) >= 11 is 6.31. The molecule has 3 aliphatic rings. The Balaban J connectivity index is 0.000000371. The van der Waals surface area contributed by atoms with Gasteiger partial charge in [0.05, 0.1) is 17.7 Å². The molecule has 0 aromatic heterocycles. The summed E-state index contributed by atoms with van der Waals surface area (Å²) in [4.78, 5) is 32.5. The molecule has 4 N–H and O–H groups in total. The van der Waals surface area contributed by atoms with Gasteiger partial charge in [-0.3, -0.25) is 4.79 Å². The predicted octanol–water partition coefficient (Wildman–Crippen LogP) is 4.12. The van der Waals surface area contributed by atoms with Gasteiger partial charge in [-0.25, -0.2) is 9.59 Å². The van der Waals surface area contributed by atoms with Gasteiger partial charge in [-0.05, 0) is 88.1 Å². The van der Waals surface area contributed by atoms with Gasteiger partial charge in [0.2, 0.25) is 0 Å². The van der Waals surface area contributed by atoms with Crippen molar-refractivity contribution >= 4 is 29.4 Å². The lowest BCUT2D eigenvalue weighted by molar-refractivity contribution is -0.134. The minimum atomic E-state index is -1.26. The minimum Gasteiger partial charge on any atom is -0.492 e. The highest BCUT2D eigenvalue weighted by atomic mass is 35.5. The fraction of sp³-hybridized carbons (Fsp3) is 0.500. The van der Waals surface area contributed by atoms with Crippen LogP contribution < -0.4 is 15.4 Å². The molecule has 1 aromatic rings. The van der Waals surface area contributed by atoms with Crippen molar-refractivity contribution in [3.05, 3.63) is 52.1 Å². The number of benzene rings is 1. The summed E-state index contributed by atoms with van der Waals surface area (Å²) in [6.07, 6.45) is 12.1. The van der Waals surface area contributed by atoms with Crippen LogP contribution in [0.25, 0.3) is 0 Å². The average molecular weight is 505 g/mol. The van der Waals surface area contributed by atoms with E-state index in [9.17, 15) is 14.4 Å². The Morgan fingerprint density at radius 2 is 1.86 bits per heavy atom. The van der Waals surface area contributed by atoms with Crippen LogP contribution in [0.3, 0.4) is 0 Å². The molecule has 0 radical (unpaired) electrons. The molecule has 8 nitrogen and oxygen atoms in total. The molecule has 4 rings (SSSR count). The lowest BCUT2D eigenvalue weighted by Gasteiger charge is -2.40. The van der Waals surface area contributed by atoms with Gasteiger partial charge in [-0.2, -0.15) is 0 Å². The Morgan fingerprint density at radius 3 is 2.46 bits per heavy atom. The molecular weight excluding hydrogens is 472 g/mol. The van der Waals surface area contributed by atoms with Crippen LogP contribution in [0.1, 0.15) is 67.8 Å². The molecule has 1 aliphatic carbocycles. The molecule has 190 valence electrons. The average Bonchev–Trinajstić information content (AvgIpc) is 3.39. The summed E-state index contributed by atoms with van der Waals surface area (Å²) < 4.78 is 5.87. The monoisotopic (exact) mass is 504 g/mol. The predicted molar refractivity (Wildman–Crippen MR) is 133 cm³/mol. The van der Waals surface area contributed by atoms with Crippen LogP contribution in [0.5, 0.6) is 5.75 Å². The molecule has 2 heterocycles. The number of ether oxygens (including phenoxy) is 1. The lowest BCUT2D eigenvalue weighted by Crippen LogP contribution is -2.59. The van der Waals surface area contributed by atoms with Crippen molar-refractivity contribution < 1.29 is 29.3 Å². The maximum atomic E-state index is 13.4. The number of aryl methyl sites for hydroxylation is 1. The first-order valence-corrected chi connectivity index (χ1v) is 12.4. The van der Waals surface area contributed by atoms with Gasteiger partial charge in [0, 0.05) is 23.2 Å². The van der Waals surface area contributed by atoms with E-state index in [0.717, 1.165) is 50.6 Å². The summed E-state index contributed by atoms with van der Waals surface area (Å²) in [6, 6.07) is 3.94. The molecule has 0 spiro atoms. The van der Waals surface area contributed by atoms with Crippen molar-refractivity contribution in [1.82, 2.24) is 10.6 Å². The van der Waals surface area contributed by atoms with Gasteiger partial charge in [0.1, 0.15) is 5.75 Å². The van der Waals surface area contributed by atoms with E-state index >= 15 is 0 Å². The third kappa shape index (κ3) is 7.08. The summed E-state index contributed by atoms with van der Waals surface area (Å²) in [5.41, 5.74) is 2.59. The Labute approximate surface area is 210 Å². The number of aliphatic carboxylic acids is 2. The molecule has 2 aliphatic heterocycles. The number of carboxylic acids is 2. The minimum absolute atomic E-state index is 0.0849. The number of fused-ring (bicyclic) bond motifs is 1. The van der Waals surface area contributed by atoms with Crippen molar-refractivity contribution in [3.63, 3.8) is 0 Å². The first kappa shape index (κ1) is 26.8. The fourth-order valence-electron chi connectivity index (χ4n) is 4.94. The van der Waals surface area contributed by atoms with E-state index in [0.29, 0.717) is 35.1 Å². The second kappa shape index (κ2) is 12.2. The van der Waals surface area contributed by atoms with E-state index in [1.165, 1.54) is 18.4 Å². The quantitative estimate of drug-likeness (QED) is 0.339. The highest BCUT2D eigenvalue weighted by Crippen LogP contribution is 2.36. The van der Waals surface area contributed by atoms with Crippen molar-refractivity contribution in [3.8, 4) is 5.75 Å². The highest BCUT2D eigenvalue weighted by Gasteiger charge is 2.41. The number of halogens is 1.